The fourth-order valence-electron chi connectivity index (χ4n) is 2.27. The summed E-state index contributed by atoms with van der Waals surface area (Å²) in [7, 11) is 1.33. The molecule has 0 N–H and O–H groups in total. The van der Waals surface area contributed by atoms with Crippen LogP contribution in [0.1, 0.15) is 39.0 Å². The van der Waals surface area contributed by atoms with E-state index in [2.05, 4.69) is 6.58 Å². The third kappa shape index (κ3) is 1.83. The molecule has 0 aliphatic heterocycles. The Kier molecular flexibility index (Phi) is 3.66. The molecule has 0 spiro atoms. The van der Waals surface area contributed by atoms with Crippen LogP contribution in [0.5, 0.6) is 0 Å². The zero-order valence-corrected chi connectivity index (χ0v) is 9.47. The Hall–Kier alpha value is -1.12. The van der Waals surface area contributed by atoms with Crippen LogP contribution in [0.3, 0.4) is 0 Å². The maximum atomic E-state index is 12.0. The van der Waals surface area contributed by atoms with Crippen LogP contribution in [-0.4, -0.2) is 18.9 Å². The Morgan fingerprint density at radius 3 is 2.60 bits per heavy atom. The maximum Gasteiger partial charge on any atom is 0.323 e. The number of rotatable bonds is 4. The van der Waals surface area contributed by atoms with Gasteiger partial charge in [0.1, 0.15) is 5.41 Å². The lowest BCUT2D eigenvalue weighted by Gasteiger charge is -2.25. The number of carbonyl (C=O) groups excluding carboxylic acids is 2. The summed E-state index contributed by atoms with van der Waals surface area (Å²) >= 11 is 0. The highest BCUT2D eigenvalue weighted by molar-refractivity contribution is 6.07. The van der Waals surface area contributed by atoms with Crippen LogP contribution in [0.25, 0.3) is 0 Å². The predicted molar refractivity (Wildman–Crippen MR) is 57.4 cm³/mol. The lowest BCUT2D eigenvalue weighted by Crippen LogP contribution is -2.39. The molecule has 0 aromatic carbocycles. The van der Waals surface area contributed by atoms with Crippen molar-refractivity contribution in [1.29, 1.82) is 0 Å². The van der Waals surface area contributed by atoms with Crippen molar-refractivity contribution < 1.29 is 14.3 Å². The predicted octanol–water partition coefficient (Wildman–Crippen LogP) is 2.26. The molecule has 0 saturated heterocycles. The Morgan fingerprint density at radius 1 is 1.53 bits per heavy atom. The van der Waals surface area contributed by atoms with Gasteiger partial charge < -0.3 is 4.74 Å². The van der Waals surface area contributed by atoms with Crippen molar-refractivity contribution in [1.82, 2.24) is 0 Å². The molecule has 0 unspecified atom stereocenters. The molecular weight excluding hydrogens is 192 g/mol. The van der Waals surface area contributed by atoms with E-state index < -0.39 is 11.4 Å². The average Bonchev–Trinajstić information content (AvgIpc) is 2.60. The summed E-state index contributed by atoms with van der Waals surface area (Å²) in [6, 6.07) is 0. The molecule has 3 heteroatoms. The van der Waals surface area contributed by atoms with E-state index in [4.69, 9.17) is 4.74 Å². The van der Waals surface area contributed by atoms with Gasteiger partial charge in [-0.15, -0.1) is 0 Å². The van der Waals surface area contributed by atoms with Crippen LogP contribution in [0.2, 0.25) is 0 Å². The summed E-state index contributed by atoms with van der Waals surface area (Å²) in [6.07, 6.45) is 3.35. The second-order valence-electron chi connectivity index (χ2n) is 4.03. The first kappa shape index (κ1) is 12.0. The van der Waals surface area contributed by atoms with Gasteiger partial charge in [-0.3, -0.25) is 9.59 Å². The average molecular weight is 210 g/mol. The van der Waals surface area contributed by atoms with Crippen LogP contribution in [0.15, 0.2) is 12.2 Å². The summed E-state index contributed by atoms with van der Waals surface area (Å²) in [6.45, 7) is 5.79. The van der Waals surface area contributed by atoms with Gasteiger partial charge in [-0.25, -0.2) is 0 Å². The van der Waals surface area contributed by atoms with E-state index in [9.17, 15) is 9.59 Å². The molecule has 1 fully saturated rings. The topological polar surface area (TPSA) is 43.4 Å². The Morgan fingerprint density at radius 2 is 2.20 bits per heavy atom. The van der Waals surface area contributed by atoms with E-state index in [1.54, 1.807) is 0 Å². The molecule has 0 aromatic heterocycles. The van der Waals surface area contributed by atoms with Gasteiger partial charge in [0.25, 0.3) is 0 Å². The van der Waals surface area contributed by atoms with E-state index in [0.29, 0.717) is 12.8 Å². The molecule has 1 saturated carbocycles. The Labute approximate surface area is 90.5 Å². The number of hydrogen-bond donors (Lipinski definition) is 0. The number of carbonyl (C=O) groups is 2. The quantitative estimate of drug-likeness (QED) is 0.406. The lowest BCUT2D eigenvalue weighted by molar-refractivity contribution is -0.155. The highest BCUT2D eigenvalue weighted by atomic mass is 16.5. The van der Waals surface area contributed by atoms with Crippen LogP contribution < -0.4 is 0 Å². The number of ether oxygens (including phenoxy) is 1. The van der Waals surface area contributed by atoms with Gasteiger partial charge in [0, 0.05) is 6.42 Å². The molecule has 0 amide bonds. The fraction of sp³-hybridized carbons (Fsp3) is 0.667. The van der Waals surface area contributed by atoms with Crippen LogP contribution >= 0.6 is 0 Å². The second-order valence-corrected chi connectivity index (χ2v) is 4.03. The molecule has 15 heavy (non-hydrogen) atoms. The summed E-state index contributed by atoms with van der Waals surface area (Å²) < 4.78 is 4.75. The molecule has 84 valence electrons. The molecular formula is C12H18O3. The van der Waals surface area contributed by atoms with E-state index in [1.807, 2.05) is 6.92 Å². The van der Waals surface area contributed by atoms with Gasteiger partial charge in [0.15, 0.2) is 5.78 Å². The van der Waals surface area contributed by atoms with Crippen molar-refractivity contribution in [2.24, 2.45) is 5.41 Å². The first-order chi connectivity index (χ1) is 7.09. The number of esters is 1. The lowest BCUT2D eigenvalue weighted by atomic mass is 9.77. The number of Topliss-reactive ketones (excluding diaryl/α,β-unsaturated/α-hetero) is 1. The van der Waals surface area contributed by atoms with Crippen molar-refractivity contribution in [3.63, 3.8) is 0 Å². The largest absolute Gasteiger partial charge is 0.468 e. The Balaban J connectivity index is 3.01. The first-order valence-electron chi connectivity index (χ1n) is 5.39. The number of ketones is 1. The van der Waals surface area contributed by atoms with Gasteiger partial charge in [0.05, 0.1) is 7.11 Å². The number of methoxy groups -OCH3 is 1. The molecule has 0 aromatic rings. The molecule has 1 aliphatic rings. The summed E-state index contributed by atoms with van der Waals surface area (Å²) in [5.74, 6) is -0.456. The van der Waals surface area contributed by atoms with Crippen LogP contribution in [-0.2, 0) is 14.3 Å². The Bertz CT molecular complexity index is 293. The van der Waals surface area contributed by atoms with Crippen molar-refractivity contribution in [2.45, 2.75) is 39.0 Å². The number of hydrogen-bond acceptors (Lipinski definition) is 3. The van der Waals surface area contributed by atoms with E-state index >= 15 is 0 Å². The molecule has 0 bridgehead atoms. The summed E-state index contributed by atoms with van der Waals surface area (Å²) in [4.78, 5) is 23.8. The minimum Gasteiger partial charge on any atom is -0.468 e. The smallest absolute Gasteiger partial charge is 0.323 e. The minimum absolute atomic E-state index is 0.0284. The van der Waals surface area contributed by atoms with Crippen molar-refractivity contribution >= 4 is 11.8 Å². The van der Waals surface area contributed by atoms with Gasteiger partial charge in [-0.1, -0.05) is 19.1 Å². The fourth-order valence-corrected chi connectivity index (χ4v) is 2.27. The van der Waals surface area contributed by atoms with Crippen LogP contribution in [0, 0.1) is 5.41 Å². The first-order valence-corrected chi connectivity index (χ1v) is 5.39. The third-order valence-electron chi connectivity index (χ3n) is 3.12. The molecule has 1 rings (SSSR count). The highest BCUT2D eigenvalue weighted by Crippen LogP contribution is 2.44. The zero-order valence-electron chi connectivity index (χ0n) is 9.47. The van der Waals surface area contributed by atoms with Gasteiger partial charge in [0.2, 0.25) is 0 Å². The van der Waals surface area contributed by atoms with E-state index in [-0.39, 0.29) is 5.78 Å². The van der Waals surface area contributed by atoms with Gasteiger partial charge in [-0.2, -0.15) is 0 Å². The minimum atomic E-state index is -1.02. The van der Waals surface area contributed by atoms with Gasteiger partial charge >= 0.3 is 5.97 Å². The normalized spacial score (nSPS) is 25.3. The maximum absolute atomic E-state index is 12.0. The standard InChI is InChI=1S/C12H18O3/c1-4-6-10(13)12(11(14)15-3)8-5-7-9(12)2/h2,4-8H2,1,3H3/t12-/m1/s1. The zero-order chi connectivity index (χ0) is 11.5. The molecule has 1 atom stereocenters. The molecule has 1 aliphatic carbocycles. The summed E-state index contributed by atoms with van der Waals surface area (Å²) in [5, 5.41) is 0. The highest BCUT2D eigenvalue weighted by Gasteiger charge is 2.50. The second kappa shape index (κ2) is 4.60. The van der Waals surface area contributed by atoms with Crippen LogP contribution in [0.4, 0.5) is 0 Å². The van der Waals surface area contributed by atoms with Crippen molar-refractivity contribution in [3.8, 4) is 0 Å². The van der Waals surface area contributed by atoms with Crippen molar-refractivity contribution in [2.75, 3.05) is 7.11 Å². The third-order valence-corrected chi connectivity index (χ3v) is 3.12. The SMILES string of the molecule is C=C1CCC[C@@]1(C(=O)CCC)C(=O)OC. The monoisotopic (exact) mass is 210 g/mol. The van der Waals surface area contributed by atoms with Crippen molar-refractivity contribution in [3.05, 3.63) is 12.2 Å². The molecule has 0 radical (unpaired) electrons. The molecule has 3 nitrogen and oxygen atoms in total. The summed E-state index contributed by atoms with van der Waals surface area (Å²) in [5.41, 5.74) is -0.294. The van der Waals surface area contributed by atoms with E-state index in [0.717, 1.165) is 24.8 Å². The van der Waals surface area contributed by atoms with Gasteiger partial charge in [-0.05, 0) is 25.7 Å². The molecule has 0 heterocycles. The van der Waals surface area contributed by atoms with E-state index in [1.165, 1.54) is 7.11 Å².